The van der Waals surface area contributed by atoms with Crippen molar-refractivity contribution in [1.82, 2.24) is 10.2 Å². The first kappa shape index (κ1) is 14.8. The standard InChI is InChI=1S/C12H22N2O4/c1-2-7-14(8-9-3-4-9)12(18)13-6-5-10(15)11(16)17/h9-10,15H,2-8H2,1H3,(H,13,18)(H,16,17). The SMILES string of the molecule is CCCN(CC1CC1)C(=O)NCCC(O)C(=O)O. The number of carbonyl (C=O) groups is 2. The van der Waals surface area contributed by atoms with Crippen LogP contribution in [0.4, 0.5) is 4.79 Å². The molecule has 1 rings (SSSR count). The van der Waals surface area contributed by atoms with Crippen molar-refractivity contribution >= 4 is 12.0 Å². The van der Waals surface area contributed by atoms with Crippen molar-refractivity contribution in [2.75, 3.05) is 19.6 Å². The Morgan fingerprint density at radius 3 is 2.61 bits per heavy atom. The Morgan fingerprint density at radius 2 is 2.11 bits per heavy atom. The highest BCUT2D eigenvalue weighted by Gasteiger charge is 2.26. The summed E-state index contributed by atoms with van der Waals surface area (Å²) in [4.78, 5) is 24.0. The van der Waals surface area contributed by atoms with Crippen LogP contribution in [-0.4, -0.2) is 52.9 Å². The van der Waals surface area contributed by atoms with E-state index in [1.165, 1.54) is 12.8 Å². The van der Waals surface area contributed by atoms with Crippen molar-refractivity contribution in [3.8, 4) is 0 Å². The Kier molecular flexibility index (Phi) is 5.91. The fraction of sp³-hybridized carbons (Fsp3) is 0.833. The monoisotopic (exact) mass is 258 g/mol. The van der Waals surface area contributed by atoms with Crippen molar-refractivity contribution in [3.63, 3.8) is 0 Å². The molecular weight excluding hydrogens is 236 g/mol. The second-order valence-corrected chi connectivity index (χ2v) is 4.76. The van der Waals surface area contributed by atoms with Gasteiger partial charge in [0, 0.05) is 26.1 Å². The van der Waals surface area contributed by atoms with Crippen molar-refractivity contribution in [2.24, 2.45) is 5.92 Å². The van der Waals surface area contributed by atoms with E-state index in [0.29, 0.717) is 12.5 Å². The number of aliphatic hydroxyl groups is 1. The minimum absolute atomic E-state index is 0.0322. The van der Waals surface area contributed by atoms with Crippen molar-refractivity contribution in [2.45, 2.75) is 38.7 Å². The molecule has 0 aromatic carbocycles. The molecule has 0 radical (unpaired) electrons. The summed E-state index contributed by atoms with van der Waals surface area (Å²) in [7, 11) is 0. The smallest absolute Gasteiger partial charge is 0.332 e. The third-order valence-electron chi connectivity index (χ3n) is 2.94. The minimum Gasteiger partial charge on any atom is -0.479 e. The first-order chi connectivity index (χ1) is 8.54. The molecule has 18 heavy (non-hydrogen) atoms. The summed E-state index contributed by atoms with van der Waals surface area (Å²) in [5.41, 5.74) is 0. The van der Waals surface area contributed by atoms with Gasteiger partial charge in [0.2, 0.25) is 0 Å². The molecule has 0 spiro atoms. The zero-order chi connectivity index (χ0) is 13.5. The Hall–Kier alpha value is -1.30. The average molecular weight is 258 g/mol. The Balaban J connectivity index is 2.24. The molecule has 0 aromatic heterocycles. The summed E-state index contributed by atoms with van der Waals surface area (Å²) >= 11 is 0. The first-order valence-corrected chi connectivity index (χ1v) is 6.48. The third kappa shape index (κ3) is 5.35. The predicted molar refractivity (Wildman–Crippen MR) is 66.2 cm³/mol. The van der Waals surface area contributed by atoms with Crippen molar-refractivity contribution < 1.29 is 19.8 Å². The molecule has 1 aliphatic rings. The first-order valence-electron chi connectivity index (χ1n) is 6.48. The maximum atomic E-state index is 11.8. The van der Waals surface area contributed by atoms with Crippen LogP contribution in [0.15, 0.2) is 0 Å². The number of nitrogens with one attached hydrogen (secondary N) is 1. The van der Waals surface area contributed by atoms with Gasteiger partial charge in [-0.05, 0) is 25.2 Å². The molecule has 3 N–H and O–H groups in total. The average Bonchev–Trinajstić information content (AvgIpc) is 3.12. The Labute approximate surface area is 107 Å². The van der Waals surface area contributed by atoms with Gasteiger partial charge < -0.3 is 20.4 Å². The lowest BCUT2D eigenvalue weighted by Crippen LogP contribution is -2.42. The highest BCUT2D eigenvalue weighted by atomic mass is 16.4. The summed E-state index contributed by atoms with van der Waals surface area (Å²) in [5, 5.41) is 20.2. The number of rotatable bonds is 8. The van der Waals surface area contributed by atoms with Crippen molar-refractivity contribution in [1.29, 1.82) is 0 Å². The van der Waals surface area contributed by atoms with Crippen LogP contribution in [0.5, 0.6) is 0 Å². The molecule has 0 saturated heterocycles. The van der Waals surface area contributed by atoms with Crippen LogP contribution in [-0.2, 0) is 4.79 Å². The maximum absolute atomic E-state index is 11.8. The van der Waals surface area contributed by atoms with E-state index in [4.69, 9.17) is 10.2 Å². The molecule has 104 valence electrons. The van der Waals surface area contributed by atoms with E-state index in [1.807, 2.05) is 6.92 Å². The molecule has 1 unspecified atom stereocenters. The summed E-state index contributed by atoms with van der Waals surface area (Å²) in [5.74, 6) is -0.625. The fourth-order valence-electron chi connectivity index (χ4n) is 1.71. The van der Waals surface area contributed by atoms with Crippen molar-refractivity contribution in [3.05, 3.63) is 0 Å². The summed E-state index contributed by atoms with van der Waals surface area (Å²) in [6, 6.07) is -0.165. The number of carboxylic acid groups (broad SMARTS) is 1. The van der Waals surface area contributed by atoms with Gasteiger partial charge >= 0.3 is 12.0 Å². The van der Waals surface area contributed by atoms with Gasteiger partial charge in [0.1, 0.15) is 0 Å². The van der Waals surface area contributed by atoms with Gasteiger partial charge in [-0.15, -0.1) is 0 Å². The predicted octanol–water partition coefficient (Wildman–Crippen LogP) is 0.654. The third-order valence-corrected chi connectivity index (χ3v) is 2.94. The largest absolute Gasteiger partial charge is 0.479 e. The van der Waals surface area contributed by atoms with Crippen LogP contribution < -0.4 is 5.32 Å². The topological polar surface area (TPSA) is 89.9 Å². The van der Waals surface area contributed by atoms with E-state index in [-0.39, 0.29) is 19.0 Å². The van der Waals surface area contributed by atoms with Gasteiger partial charge in [-0.2, -0.15) is 0 Å². The lowest BCUT2D eigenvalue weighted by molar-refractivity contribution is -0.146. The summed E-state index contributed by atoms with van der Waals surface area (Å²) in [6.45, 7) is 3.68. The molecule has 0 aliphatic heterocycles. The molecule has 0 aromatic rings. The normalized spacial score (nSPS) is 16.1. The molecule has 2 amide bonds. The van der Waals surface area contributed by atoms with E-state index in [0.717, 1.165) is 13.0 Å². The molecule has 1 saturated carbocycles. The number of amides is 2. The number of hydrogen-bond donors (Lipinski definition) is 3. The quantitative estimate of drug-likeness (QED) is 0.596. The molecule has 6 nitrogen and oxygen atoms in total. The minimum atomic E-state index is -1.41. The van der Waals surface area contributed by atoms with Crippen LogP contribution in [0.3, 0.4) is 0 Å². The molecule has 0 bridgehead atoms. The second-order valence-electron chi connectivity index (χ2n) is 4.76. The molecule has 1 aliphatic carbocycles. The van der Waals surface area contributed by atoms with Crippen LogP contribution in [0.25, 0.3) is 0 Å². The van der Waals surface area contributed by atoms with E-state index < -0.39 is 12.1 Å². The Morgan fingerprint density at radius 1 is 1.44 bits per heavy atom. The van der Waals surface area contributed by atoms with E-state index >= 15 is 0 Å². The van der Waals surface area contributed by atoms with Crippen LogP contribution >= 0.6 is 0 Å². The molecule has 6 heteroatoms. The maximum Gasteiger partial charge on any atom is 0.332 e. The second kappa shape index (κ2) is 7.20. The summed E-state index contributed by atoms with van der Waals surface area (Å²) < 4.78 is 0. The Bertz CT molecular complexity index is 292. The van der Waals surface area contributed by atoms with E-state index in [2.05, 4.69) is 5.32 Å². The highest BCUT2D eigenvalue weighted by molar-refractivity contribution is 5.74. The number of carbonyl (C=O) groups excluding carboxylic acids is 1. The number of urea groups is 1. The number of aliphatic hydroxyl groups excluding tert-OH is 1. The zero-order valence-corrected chi connectivity index (χ0v) is 10.8. The number of carboxylic acids is 1. The molecular formula is C12H22N2O4. The zero-order valence-electron chi connectivity index (χ0n) is 10.8. The molecule has 1 atom stereocenters. The summed E-state index contributed by atoms with van der Waals surface area (Å²) in [6.07, 6.45) is 1.90. The van der Waals surface area contributed by atoms with Crippen LogP contribution in [0, 0.1) is 5.92 Å². The van der Waals surface area contributed by atoms with E-state index in [9.17, 15) is 9.59 Å². The lowest BCUT2D eigenvalue weighted by atomic mass is 10.2. The number of aliphatic carboxylic acids is 1. The molecule has 0 heterocycles. The van der Waals surface area contributed by atoms with Crippen LogP contribution in [0.2, 0.25) is 0 Å². The van der Waals surface area contributed by atoms with Gasteiger partial charge in [-0.1, -0.05) is 6.92 Å². The van der Waals surface area contributed by atoms with E-state index in [1.54, 1.807) is 4.90 Å². The van der Waals surface area contributed by atoms with Gasteiger partial charge in [0.05, 0.1) is 0 Å². The van der Waals surface area contributed by atoms with Gasteiger partial charge in [-0.3, -0.25) is 0 Å². The number of nitrogens with zero attached hydrogens (tertiary/aromatic N) is 1. The van der Waals surface area contributed by atoms with Gasteiger partial charge in [0.25, 0.3) is 0 Å². The number of hydrogen-bond acceptors (Lipinski definition) is 3. The fourth-order valence-corrected chi connectivity index (χ4v) is 1.71. The van der Waals surface area contributed by atoms with Gasteiger partial charge in [-0.25, -0.2) is 9.59 Å². The van der Waals surface area contributed by atoms with Gasteiger partial charge in [0.15, 0.2) is 6.10 Å². The highest BCUT2D eigenvalue weighted by Crippen LogP contribution is 2.29. The lowest BCUT2D eigenvalue weighted by Gasteiger charge is -2.22. The molecule has 1 fully saturated rings. The van der Waals surface area contributed by atoms with Crippen LogP contribution in [0.1, 0.15) is 32.6 Å².